The van der Waals surface area contributed by atoms with Gasteiger partial charge in [0.2, 0.25) is 0 Å². The lowest BCUT2D eigenvalue weighted by atomic mass is 10.3. The van der Waals surface area contributed by atoms with Gasteiger partial charge in [-0.3, -0.25) is 0 Å². The fourth-order valence-electron chi connectivity index (χ4n) is 1.09. The van der Waals surface area contributed by atoms with Crippen LogP contribution < -0.4 is 0 Å². The standard InChI is InChI=1S/C8H20NO2P/c1-7(2)9(8(3)4)12(10-5)11-6/h7-8H,1-6H3/i5D3,6D3. The molecule has 0 aliphatic heterocycles. The fourth-order valence-corrected chi connectivity index (χ4v) is 2.07. The third-order valence-corrected chi connectivity index (χ3v) is 3.02. The summed E-state index contributed by atoms with van der Waals surface area (Å²) in [7, 11) is -7.56. The lowest BCUT2D eigenvalue weighted by Crippen LogP contribution is -2.33. The molecule has 0 aromatic carbocycles. The van der Waals surface area contributed by atoms with Crippen LogP contribution in [0.25, 0.3) is 0 Å². The molecule has 0 rings (SSSR count). The summed E-state index contributed by atoms with van der Waals surface area (Å²) in [4.78, 5) is 0. The molecular weight excluding hydrogens is 173 g/mol. The lowest BCUT2D eigenvalue weighted by molar-refractivity contribution is 0.218. The van der Waals surface area contributed by atoms with Crippen molar-refractivity contribution in [3.8, 4) is 0 Å². The third kappa shape index (κ3) is 3.36. The van der Waals surface area contributed by atoms with Gasteiger partial charge in [0.1, 0.15) is 0 Å². The van der Waals surface area contributed by atoms with Gasteiger partial charge in [-0.25, -0.2) is 4.67 Å². The minimum Gasteiger partial charge on any atom is -0.325 e. The van der Waals surface area contributed by atoms with Crippen LogP contribution in [0.3, 0.4) is 0 Å². The zero-order chi connectivity index (χ0) is 14.7. The van der Waals surface area contributed by atoms with Gasteiger partial charge >= 0.3 is 0 Å². The fraction of sp³-hybridized carbons (Fsp3) is 1.00. The molecule has 0 saturated carbocycles. The van der Waals surface area contributed by atoms with E-state index in [9.17, 15) is 0 Å². The first-order valence-corrected chi connectivity index (χ1v) is 4.93. The smallest absolute Gasteiger partial charge is 0.258 e. The highest BCUT2D eigenvalue weighted by atomic mass is 31.2. The molecule has 0 heterocycles. The van der Waals surface area contributed by atoms with Crippen molar-refractivity contribution in [3.05, 3.63) is 0 Å². The molecule has 3 nitrogen and oxygen atoms in total. The Bertz CT molecular complexity index is 231. The summed E-state index contributed by atoms with van der Waals surface area (Å²) in [5.74, 6) is 0. The van der Waals surface area contributed by atoms with Crippen LogP contribution in [0.5, 0.6) is 0 Å². The van der Waals surface area contributed by atoms with E-state index in [1.165, 1.54) is 0 Å². The van der Waals surface area contributed by atoms with Crippen molar-refractivity contribution in [2.45, 2.75) is 39.8 Å². The molecule has 0 aromatic heterocycles. The van der Waals surface area contributed by atoms with Crippen LogP contribution in [0.15, 0.2) is 0 Å². The Balaban J connectivity index is 5.05. The molecule has 0 N–H and O–H groups in total. The molecule has 0 amide bonds. The van der Waals surface area contributed by atoms with E-state index in [1.54, 1.807) is 4.67 Å². The topological polar surface area (TPSA) is 21.7 Å². The van der Waals surface area contributed by atoms with Gasteiger partial charge in [-0.2, -0.15) is 0 Å². The summed E-state index contributed by atoms with van der Waals surface area (Å²) in [6.07, 6.45) is 0. The minimum atomic E-state index is -2.70. The molecule has 0 saturated heterocycles. The van der Waals surface area contributed by atoms with Crippen molar-refractivity contribution in [1.29, 1.82) is 0 Å². The minimum absolute atomic E-state index is 0.0965. The van der Waals surface area contributed by atoms with Crippen LogP contribution in [-0.4, -0.2) is 30.8 Å². The Morgan fingerprint density at radius 2 is 1.50 bits per heavy atom. The third-order valence-electron chi connectivity index (χ3n) is 1.40. The first-order chi connectivity index (χ1) is 7.83. The average Bonchev–Trinajstić information content (AvgIpc) is 1.93. The van der Waals surface area contributed by atoms with Crippen LogP contribution in [0.2, 0.25) is 0 Å². The van der Waals surface area contributed by atoms with E-state index in [4.69, 9.17) is 17.3 Å². The van der Waals surface area contributed by atoms with Crippen molar-refractivity contribution < 1.29 is 17.3 Å². The second kappa shape index (κ2) is 5.87. The Morgan fingerprint density at radius 3 is 1.75 bits per heavy atom. The average molecular weight is 199 g/mol. The van der Waals surface area contributed by atoms with Gasteiger partial charge in [0.05, 0.1) is 8.22 Å². The zero-order valence-electron chi connectivity index (χ0n) is 13.9. The van der Waals surface area contributed by atoms with Crippen LogP contribution in [-0.2, 0) is 9.05 Å². The van der Waals surface area contributed by atoms with Crippen LogP contribution >= 0.6 is 8.53 Å². The van der Waals surface area contributed by atoms with Gasteiger partial charge in [0.15, 0.2) is 0 Å². The predicted octanol–water partition coefficient (Wildman–Crippen LogP) is 2.62. The maximum absolute atomic E-state index is 7.08. The van der Waals surface area contributed by atoms with E-state index >= 15 is 0 Å². The molecular formula is C8H20NO2P. The molecule has 0 radical (unpaired) electrons. The molecule has 0 atom stereocenters. The summed E-state index contributed by atoms with van der Waals surface area (Å²) in [6.45, 7) is 7.28. The van der Waals surface area contributed by atoms with E-state index < -0.39 is 22.6 Å². The van der Waals surface area contributed by atoms with Crippen molar-refractivity contribution in [2.24, 2.45) is 0 Å². The summed E-state index contributed by atoms with van der Waals surface area (Å²) in [5.41, 5.74) is 0. The Labute approximate surface area is 85.4 Å². The predicted molar refractivity (Wildman–Crippen MR) is 53.0 cm³/mol. The lowest BCUT2D eigenvalue weighted by Gasteiger charge is -2.33. The highest BCUT2D eigenvalue weighted by Crippen LogP contribution is 2.43. The van der Waals surface area contributed by atoms with Gasteiger partial charge in [-0.05, 0) is 27.7 Å². The van der Waals surface area contributed by atoms with Gasteiger partial charge in [-0.15, -0.1) is 0 Å². The summed E-state index contributed by atoms with van der Waals surface area (Å²) in [6, 6.07) is -0.193. The first kappa shape index (κ1) is 5.26. The molecule has 0 unspecified atom stereocenters. The van der Waals surface area contributed by atoms with Crippen LogP contribution in [0, 0.1) is 0 Å². The molecule has 0 fully saturated rings. The molecule has 0 aliphatic carbocycles. The molecule has 4 heteroatoms. The highest BCUT2D eigenvalue weighted by Gasteiger charge is 2.24. The van der Waals surface area contributed by atoms with E-state index in [0.717, 1.165) is 0 Å². The second-order valence-corrected chi connectivity index (χ2v) is 4.29. The Hall–Kier alpha value is 0.310. The van der Waals surface area contributed by atoms with E-state index in [1.807, 2.05) is 27.7 Å². The van der Waals surface area contributed by atoms with Crippen molar-refractivity contribution in [3.63, 3.8) is 0 Å². The number of nitrogens with zero attached hydrogens (tertiary/aromatic N) is 1. The first-order valence-electron chi connectivity index (χ1n) is 6.80. The van der Waals surface area contributed by atoms with Gasteiger partial charge in [-0.1, -0.05) is 0 Å². The molecule has 0 bridgehead atoms. The maximum atomic E-state index is 7.08. The Kier molecular flexibility index (Phi) is 2.57. The Morgan fingerprint density at radius 1 is 1.08 bits per heavy atom. The maximum Gasteiger partial charge on any atom is 0.258 e. The molecule has 0 aliphatic rings. The summed E-state index contributed by atoms with van der Waals surface area (Å²) < 4.78 is 53.7. The normalized spacial score (nSPS) is 22.0. The number of hydrogen-bond donors (Lipinski definition) is 0. The molecule has 74 valence electrons. The van der Waals surface area contributed by atoms with E-state index in [2.05, 4.69) is 0 Å². The van der Waals surface area contributed by atoms with Gasteiger partial charge < -0.3 is 9.05 Å². The van der Waals surface area contributed by atoms with E-state index in [0.29, 0.717) is 0 Å². The van der Waals surface area contributed by atoms with Gasteiger partial charge in [0, 0.05) is 26.2 Å². The molecule has 12 heavy (non-hydrogen) atoms. The SMILES string of the molecule is [2H]C([2H])([2H])OP(OC([2H])([2H])[2H])N(C(C)C)C(C)C. The van der Waals surface area contributed by atoms with Crippen molar-refractivity contribution in [1.82, 2.24) is 4.67 Å². The van der Waals surface area contributed by atoms with Crippen molar-refractivity contribution in [2.75, 3.05) is 14.1 Å². The van der Waals surface area contributed by atoms with Gasteiger partial charge in [0.25, 0.3) is 8.53 Å². The summed E-state index contributed by atoms with van der Waals surface area (Å²) >= 11 is 0. The van der Waals surface area contributed by atoms with Crippen molar-refractivity contribution >= 4 is 8.53 Å². The van der Waals surface area contributed by atoms with Crippen LogP contribution in [0.4, 0.5) is 0 Å². The van der Waals surface area contributed by atoms with Crippen LogP contribution in [0.1, 0.15) is 35.9 Å². The quantitative estimate of drug-likeness (QED) is 0.635. The monoisotopic (exact) mass is 199 g/mol. The molecule has 0 spiro atoms. The highest BCUT2D eigenvalue weighted by molar-refractivity contribution is 7.44. The number of hydrogen-bond acceptors (Lipinski definition) is 3. The largest absolute Gasteiger partial charge is 0.325 e. The van der Waals surface area contributed by atoms with E-state index in [-0.39, 0.29) is 12.1 Å². The molecule has 0 aromatic rings. The number of rotatable bonds is 5. The summed E-state index contributed by atoms with van der Waals surface area (Å²) in [5, 5.41) is 0. The zero-order valence-corrected chi connectivity index (χ0v) is 8.76. The second-order valence-electron chi connectivity index (χ2n) is 2.99.